The number of aromatic nitrogens is 1. The second-order valence-electron chi connectivity index (χ2n) is 5.54. The molecule has 1 aliphatic heterocycles. The van der Waals surface area contributed by atoms with E-state index in [-0.39, 0.29) is 18.3 Å². The summed E-state index contributed by atoms with van der Waals surface area (Å²) in [5.41, 5.74) is 1.21. The lowest BCUT2D eigenvalue weighted by Gasteiger charge is -2.07. The second-order valence-corrected chi connectivity index (χ2v) is 6.63. The number of carbonyl (C=O) groups excluding carboxylic acids is 1. The number of thiazole rings is 1. The zero-order valence-corrected chi connectivity index (χ0v) is 13.2. The van der Waals surface area contributed by atoms with Gasteiger partial charge in [-0.15, -0.1) is 23.7 Å². The minimum absolute atomic E-state index is 0. The number of carbonyl (C=O) groups is 1. The highest BCUT2D eigenvalue weighted by atomic mass is 35.5. The summed E-state index contributed by atoms with van der Waals surface area (Å²) in [6.07, 6.45) is 7.53. The molecule has 1 saturated heterocycles. The zero-order valence-electron chi connectivity index (χ0n) is 11.6. The van der Waals surface area contributed by atoms with E-state index in [1.54, 1.807) is 11.3 Å². The molecule has 0 radical (unpaired) electrons. The van der Waals surface area contributed by atoms with Gasteiger partial charge in [-0.2, -0.15) is 0 Å². The first-order valence-corrected chi connectivity index (χ1v) is 8.12. The number of hydrogen-bond donors (Lipinski definition) is 2. The fourth-order valence-corrected chi connectivity index (χ4v) is 3.95. The van der Waals surface area contributed by atoms with Gasteiger partial charge in [0.15, 0.2) is 5.13 Å². The Kier molecular flexibility index (Phi) is 5.81. The number of fused-ring (bicyclic) bond motifs is 1. The molecule has 20 heavy (non-hydrogen) atoms. The van der Waals surface area contributed by atoms with Gasteiger partial charge in [-0.05, 0) is 57.5 Å². The zero-order chi connectivity index (χ0) is 13.1. The molecule has 6 heteroatoms. The molecule has 2 heterocycles. The Hall–Kier alpha value is -0.650. The lowest BCUT2D eigenvalue weighted by Crippen LogP contribution is -2.14. The van der Waals surface area contributed by atoms with Gasteiger partial charge < -0.3 is 10.6 Å². The summed E-state index contributed by atoms with van der Waals surface area (Å²) in [6.45, 7) is 2.17. The molecule has 1 aliphatic carbocycles. The SMILES string of the molecule is Cl.O=C(CCC1CCNC1)Nc1nc2c(s1)CCCC2. The van der Waals surface area contributed by atoms with Crippen molar-refractivity contribution in [2.24, 2.45) is 5.92 Å². The van der Waals surface area contributed by atoms with Gasteiger partial charge in [-0.1, -0.05) is 0 Å². The molecule has 1 amide bonds. The maximum atomic E-state index is 11.9. The van der Waals surface area contributed by atoms with Crippen molar-refractivity contribution in [3.8, 4) is 0 Å². The lowest BCUT2D eigenvalue weighted by atomic mass is 10.0. The molecule has 0 spiro atoms. The van der Waals surface area contributed by atoms with E-state index in [4.69, 9.17) is 0 Å². The second kappa shape index (κ2) is 7.38. The quantitative estimate of drug-likeness (QED) is 0.898. The van der Waals surface area contributed by atoms with Crippen LogP contribution in [0.25, 0.3) is 0 Å². The Labute approximate surface area is 130 Å². The predicted octanol–water partition coefficient (Wildman–Crippen LogP) is 2.77. The van der Waals surface area contributed by atoms with E-state index >= 15 is 0 Å². The van der Waals surface area contributed by atoms with Crippen molar-refractivity contribution in [1.82, 2.24) is 10.3 Å². The van der Waals surface area contributed by atoms with Crippen LogP contribution in [0, 0.1) is 5.92 Å². The summed E-state index contributed by atoms with van der Waals surface area (Å²) < 4.78 is 0. The van der Waals surface area contributed by atoms with E-state index in [9.17, 15) is 4.79 Å². The molecule has 3 rings (SSSR count). The largest absolute Gasteiger partial charge is 0.316 e. The molecular weight excluding hydrogens is 294 g/mol. The van der Waals surface area contributed by atoms with Gasteiger partial charge in [0.1, 0.15) is 0 Å². The highest BCUT2D eigenvalue weighted by molar-refractivity contribution is 7.15. The number of aryl methyl sites for hydroxylation is 2. The molecule has 1 fully saturated rings. The third kappa shape index (κ3) is 3.93. The van der Waals surface area contributed by atoms with Gasteiger partial charge in [-0.25, -0.2) is 4.98 Å². The van der Waals surface area contributed by atoms with Gasteiger partial charge in [-0.3, -0.25) is 4.79 Å². The topological polar surface area (TPSA) is 54.0 Å². The van der Waals surface area contributed by atoms with E-state index in [1.165, 1.54) is 29.8 Å². The average molecular weight is 316 g/mol. The average Bonchev–Trinajstić information content (AvgIpc) is 3.04. The molecule has 2 N–H and O–H groups in total. The van der Waals surface area contributed by atoms with Gasteiger partial charge >= 0.3 is 0 Å². The van der Waals surface area contributed by atoms with Crippen molar-refractivity contribution in [2.45, 2.75) is 44.9 Å². The predicted molar refractivity (Wildman–Crippen MR) is 84.8 cm³/mol. The molecule has 112 valence electrons. The molecule has 0 bridgehead atoms. The van der Waals surface area contributed by atoms with Gasteiger partial charge in [0.2, 0.25) is 5.91 Å². The molecule has 1 aromatic rings. The number of anilines is 1. The molecule has 1 aromatic heterocycles. The highest BCUT2D eigenvalue weighted by Crippen LogP contribution is 2.29. The van der Waals surface area contributed by atoms with Crippen LogP contribution >= 0.6 is 23.7 Å². The van der Waals surface area contributed by atoms with Crippen LogP contribution in [0.4, 0.5) is 5.13 Å². The first kappa shape index (κ1) is 15.7. The highest BCUT2D eigenvalue weighted by Gasteiger charge is 2.18. The number of nitrogens with one attached hydrogen (secondary N) is 2. The number of nitrogens with zero attached hydrogens (tertiary/aromatic N) is 1. The Morgan fingerprint density at radius 1 is 1.40 bits per heavy atom. The van der Waals surface area contributed by atoms with Gasteiger partial charge in [0.05, 0.1) is 5.69 Å². The Morgan fingerprint density at radius 2 is 2.25 bits per heavy atom. The van der Waals surface area contributed by atoms with Crippen molar-refractivity contribution < 1.29 is 4.79 Å². The van der Waals surface area contributed by atoms with Crippen molar-refractivity contribution in [2.75, 3.05) is 18.4 Å². The maximum absolute atomic E-state index is 11.9. The molecule has 1 unspecified atom stereocenters. The van der Waals surface area contributed by atoms with Gasteiger partial charge in [0, 0.05) is 11.3 Å². The van der Waals surface area contributed by atoms with Crippen molar-refractivity contribution >= 4 is 34.8 Å². The minimum Gasteiger partial charge on any atom is -0.316 e. The summed E-state index contributed by atoms with van der Waals surface area (Å²) in [6, 6.07) is 0. The van der Waals surface area contributed by atoms with E-state index in [0.717, 1.165) is 37.5 Å². The summed E-state index contributed by atoms with van der Waals surface area (Å²) >= 11 is 1.67. The van der Waals surface area contributed by atoms with E-state index in [0.29, 0.717) is 12.3 Å². The van der Waals surface area contributed by atoms with E-state index in [2.05, 4.69) is 15.6 Å². The van der Waals surface area contributed by atoms with E-state index in [1.807, 2.05) is 0 Å². The standard InChI is InChI=1S/C14H21N3OS.ClH/c18-13(6-5-10-7-8-15-9-10)17-14-16-11-3-1-2-4-12(11)19-14;/h10,15H,1-9H2,(H,16,17,18);1H. The normalized spacial score (nSPS) is 21.1. The number of halogens is 1. The molecule has 4 nitrogen and oxygen atoms in total. The van der Waals surface area contributed by atoms with Crippen LogP contribution in [-0.4, -0.2) is 24.0 Å². The van der Waals surface area contributed by atoms with Crippen LogP contribution in [0.2, 0.25) is 0 Å². The molecule has 2 aliphatic rings. The fraction of sp³-hybridized carbons (Fsp3) is 0.714. The Balaban J connectivity index is 0.00000147. The van der Waals surface area contributed by atoms with Crippen LogP contribution in [0.3, 0.4) is 0 Å². The molecule has 0 aromatic carbocycles. The summed E-state index contributed by atoms with van der Waals surface area (Å²) in [5.74, 6) is 0.799. The third-order valence-corrected chi connectivity index (χ3v) is 5.11. The summed E-state index contributed by atoms with van der Waals surface area (Å²) in [4.78, 5) is 17.8. The number of rotatable bonds is 4. The van der Waals surface area contributed by atoms with Crippen molar-refractivity contribution in [3.05, 3.63) is 10.6 Å². The summed E-state index contributed by atoms with van der Waals surface area (Å²) in [7, 11) is 0. The van der Waals surface area contributed by atoms with Crippen LogP contribution in [0.15, 0.2) is 0 Å². The first-order valence-electron chi connectivity index (χ1n) is 7.30. The molecule has 0 saturated carbocycles. The number of hydrogen-bond acceptors (Lipinski definition) is 4. The molecule has 1 atom stereocenters. The Morgan fingerprint density at radius 3 is 3.00 bits per heavy atom. The monoisotopic (exact) mass is 315 g/mol. The lowest BCUT2D eigenvalue weighted by molar-refractivity contribution is -0.116. The minimum atomic E-state index is 0. The first-order chi connectivity index (χ1) is 9.31. The van der Waals surface area contributed by atoms with E-state index < -0.39 is 0 Å². The van der Waals surface area contributed by atoms with Crippen LogP contribution in [0.5, 0.6) is 0 Å². The Bertz CT molecular complexity index is 434. The van der Waals surface area contributed by atoms with Gasteiger partial charge in [0.25, 0.3) is 0 Å². The van der Waals surface area contributed by atoms with Crippen LogP contribution < -0.4 is 10.6 Å². The fourth-order valence-electron chi connectivity index (χ4n) is 2.88. The third-order valence-electron chi connectivity index (χ3n) is 4.03. The van der Waals surface area contributed by atoms with Crippen LogP contribution in [0.1, 0.15) is 42.7 Å². The smallest absolute Gasteiger partial charge is 0.226 e. The van der Waals surface area contributed by atoms with Crippen molar-refractivity contribution in [1.29, 1.82) is 0 Å². The summed E-state index contributed by atoms with van der Waals surface area (Å²) in [5, 5.41) is 7.11. The molecular formula is C14H22ClN3OS. The van der Waals surface area contributed by atoms with Crippen LogP contribution in [-0.2, 0) is 17.6 Å². The van der Waals surface area contributed by atoms with Crippen molar-refractivity contribution in [3.63, 3.8) is 0 Å². The maximum Gasteiger partial charge on any atom is 0.226 e. The number of amides is 1.